The van der Waals surface area contributed by atoms with Gasteiger partial charge >= 0.3 is 5.97 Å². The molecule has 0 bridgehead atoms. The Kier molecular flexibility index (Phi) is 6.32. The van der Waals surface area contributed by atoms with Gasteiger partial charge in [-0.25, -0.2) is 4.79 Å². The smallest absolute Gasteiger partial charge is 0.343 e. The number of ether oxygens (including phenoxy) is 2. The van der Waals surface area contributed by atoms with E-state index in [9.17, 15) is 19.6 Å². The first-order chi connectivity index (χ1) is 14.0. The number of methoxy groups -OCH3 is 1. The number of hydrogen-bond acceptors (Lipinski definition) is 7. The molecular weight excluding hydrogens is 392 g/mol. The minimum Gasteiger partial charge on any atom is -0.481 e. The van der Waals surface area contributed by atoms with Crippen LogP contribution in [0.4, 0.5) is 4.79 Å². The molecule has 0 aromatic heterocycles. The summed E-state index contributed by atoms with van der Waals surface area (Å²) in [4.78, 5) is 37.8. The minimum atomic E-state index is -0.531. The molecule has 146 valence electrons. The van der Waals surface area contributed by atoms with Crippen LogP contribution in [0.5, 0.6) is 5.75 Å². The van der Waals surface area contributed by atoms with Crippen LogP contribution in [0.1, 0.15) is 16.7 Å². The van der Waals surface area contributed by atoms with Crippen LogP contribution in [0.3, 0.4) is 0 Å². The number of hydrogen-bond donors (Lipinski definition) is 0. The van der Waals surface area contributed by atoms with E-state index >= 15 is 0 Å². The lowest BCUT2D eigenvalue weighted by molar-refractivity contribution is -0.142. The van der Waals surface area contributed by atoms with E-state index in [1.54, 1.807) is 54.6 Å². The van der Waals surface area contributed by atoms with Crippen molar-refractivity contribution >= 4 is 35.0 Å². The topological polar surface area (TPSA) is 96.7 Å². The van der Waals surface area contributed by atoms with Crippen molar-refractivity contribution in [2.75, 3.05) is 13.7 Å². The highest BCUT2D eigenvalue weighted by atomic mass is 32.2. The third kappa shape index (κ3) is 4.65. The van der Waals surface area contributed by atoms with Crippen molar-refractivity contribution < 1.29 is 23.9 Å². The number of thioether (sulfide) groups is 1. The molecule has 0 radical (unpaired) electrons. The van der Waals surface area contributed by atoms with Gasteiger partial charge in [0.05, 0.1) is 30.2 Å². The van der Waals surface area contributed by atoms with Gasteiger partial charge in [0.15, 0.2) is 6.61 Å². The number of nitriles is 1. The molecule has 0 aliphatic carbocycles. The average molecular weight is 408 g/mol. The van der Waals surface area contributed by atoms with Gasteiger partial charge in [-0.05, 0) is 35.5 Å². The van der Waals surface area contributed by atoms with Gasteiger partial charge in [0.2, 0.25) is 0 Å². The van der Waals surface area contributed by atoms with E-state index in [1.807, 2.05) is 0 Å². The van der Waals surface area contributed by atoms with Crippen LogP contribution in [0.15, 0.2) is 53.4 Å². The van der Waals surface area contributed by atoms with Gasteiger partial charge in [-0.15, -0.1) is 0 Å². The zero-order chi connectivity index (χ0) is 20.8. The first-order valence-corrected chi connectivity index (χ1v) is 9.37. The van der Waals surface area contributed by atoms with Gasteiger partial charge in [0, 0.05) is 5.56 Å². The van der Waals surface area contributed by atoms with E-state index in [1.165, 1.54) is 7.11 Å². The van der Waals surface area contributed by atoms with Crippen molar-refractivity contribution in [2.45, 2.75) is 6.54 Å². The van der Waals surface area contributed by atoms with Gasteiger partial charge < -0.3 is 9.47 Å². The second-order valence-electron chi connectivity index (χ2n) is 5.94. The molecule has 1 aliphatic rings. The first-order valence-electron chi connectivity index (χ1n) is 8.55. The standard InChI is InChI=1S/C21H16N2O5S/c1-27-19(24)13-28-17-9-5-4-6-14(17)10-18-20(25)23(21(26)29-18)12-16-8-3-2-7-15(16)11-22/h2-10H,12-13H2,1H3/b18-10+. The van der Waals surface area contributed by atoms with Crippen LogP contribution in [0.2, 0.25) is 0 Å². The molecule has 0 saturated carbocycles. The van der Waals surface area contributed by atoms with Crippen molar-refractivity contribution in [3.05, 3.63) is 70.1 Å². The second kappa shape index (κ2) is 9.08. The highest BCUT2D eigenvalue weighted by Gasteiger charge is 2.35. The molecule has 2 amide bonds. The Morgan fingerprint density at radius 3 is 2.66 bits per heavy atom. The van der Waals surface area contributed by atoms with Gasteiger partial charge in [-0.2, -0.15) is 5.26 Å². The molecule has 8 heteroatoms. The normalized spacial score (nSPS) is 14.8. The number of amides is 2. The molecule has 0 unspecified atom stereocenters. The Bertz CT molecular complexity index is 1040. The lowest BCUT2D eigenvalue weighted by atomic mass is 10.1. The van der Waals surface area contributed by atoms with Crippen LogP contribution >= 0.6 is 11.8 Å². The molecule has 0 spiro atoms. The maximum atomic E-state index is 12.8. The number of benzene rings is 2. The Morgan fingerprint density at radius 2 is 1.90 bits per heavy atom. The summed E-state index contributed by atoms with van der Waals surface area (Å²) in [7, 11) is 1.26. The number of imide groups is 1. The third-order valence-corrected chi connectivity index (χ3v) is 5.03. The second-order valence-corrected chi connectivity index (χ2v) is 6.93. The molecule has 0 atom stereocenters. The number of esters is 1. The molecule has 7 nitrogen and oxygen atoms in total. The summed E-state index contributed by atoms with van der Waals surface area (Å²) in [5, 5.41) is 8.79. The first kappa shape index (κ1) is 20.2. The van der Waals surface area contributed by atoms with Crippen LogP contribution in [0, 0.1) is 11.3 Å². The Morgan fingerprint density at radius 1 is 1.17 bits per heavy atom. The number of carbonyl (C=O) groups is 3. The Balaban J connectivity index is 1.82. The molecule has 2 aromatic rings. The number of para-hydroxylation sites is 1. The summed E-state index contributed by atoms with van der Waals surface area (Å²) in [6, 6.07) is 15.7. The third-order valence-electron chi connectivity index (χ3n) is 4.12. The van der Waals surface area contributed by atoms with Crippen molar-refractivity contribution in [3.8, 4) is 11.8 Å². The quantitative estimate of drug-likeness (QED) is 0.534. The number of rotatable bonds is 6. The van der Waals surface area contributed by atoms with Crippen molar-refractivity contribution in [1.29, 1.82) is 5.26 Å². The van der Waals surface area contributed by atoms with Crippen LogP contribution in [-0.2, 0) is 20.9 Å². The maximum Gasteiger partial charge on any atom is 0.343 e. The molecular formula is C21H16N2O5S. The molecule has 2 aromatic carbocycles. The fraction of sp³-hybridized carbons (Fsp3) is 0.143. The molecule has 0 N–H and O–H groups in total. The minimum absolute atomic E-state index is 0.0201. The van der Waals surface area contributed by atoms with E-state index < -0.39 is 17.1 Å². The monoisotopic (exact) mass is 408 g/mol. The summed E-state index contributed by atoms with van der Waals surface area (Å²) < 4.78 is 9.99. The zero-order valence-corrected chi connectivity index (χ0v) is 16.3. The van der Waals surface area contributed by atoms with E-state index in [0.29, 0.717) is 22.4 Å². The fourth-order valence-electron chi connectivity index (χ4n) is 2.64. The molecule has 1 aliphatic heterocycles. The van der Waals surface area contributed by atoms with Gasteiger partial charge in [0.25, 0.3) is 11.1 Å². The van der Waals surface area contributed by atoms with Gasteiger partial charge in [0.1, 0.15) is 5.75 Å². The molecule has 1 saturated heterocycles. The average Bonchev–Trinajstić information content (AvgIpc) is 3.00. The molecule has 1 fully saturated rings. The maximum absolute atomic E-state index is 12.8. The van der Waals surface area contributed by atoms with E-state index in [2.05, 4.69) is 10.8 Å². The lowest BCUT2D eigenvalue weighted by Gasteiger charge is -2.13. The van der Waals surface area contributed by atoms with Crippen molar-refractivity contribution in [3.63, 3.8) is 0 Å². The van der Waals surface area contributed by atoms with Crippen LogP contribution in [0.25, 0.3) is 6.08 Å². The zero-order valence-electron chi connectivity index (χ0n) is 15.5. The van der Waals surface area contributed by atoms with Crippen LogP contribution < -0.4 is 4.74 Å². The van der Waals surface area contributed by atoms with E-state index in [0.717, 1.165) is 16.7 Å². The lowest BCUT2D eigenvalue weighted by Crippen LogP contribution is -2.27. The number of carbonyl (C=O) groups excluding carboxylic acids is 3. The SMILES string of the molecule is COC(=O)COc1ccccc1/C=C1/SC(=O)N(Cc2ccccc2C#N)C1=O. The Hall–Kier alpha value is -3.57. The highest BCUT2D eigenvalue weighted by molar-refractivity contribution is 8.18. The summed E-state index contributed by atoms with van der Waals surface area (Å²) in [5.74, 6) is -0.591. The summed E-state index contributed by atoms with van der Waals surface area (Å²) in [5.41, 5.74) is 1.57. The van der Waals surface area contributed by atoms with Crippen molar-refractivity contribution in [2.24, 2.45) is 0 Å². The predicted molar refractivity (Wildman–Crippen MR) is 107 cm³/mol. The van der Waals surface area contributed by atoms with Crippen molar-refractivity contribution in [1.82, 2.24) is 4.90 Å². The number of nitrogens with zero attached hydrogens (tertiary/aromatic N) is 2. The highest BCUT2D eigenvalue weighted by Crippen LogP contribution is 2.35. The van der Waals surface area contributed by atoms with E-state index in [-0.39, 0.29) is 18.1 Å². The summed E-state index contributed by atoms with van der Waals surface area (Å²) in [6.45, 7) is -0.250. The summed E-state index contributed by atoms with van der Waals surface area (Å²) in [6.07, 6.45) is 1.55. The molecule has 3 rings (SSSR count). The van der Waals surface area contributed by atoms with E-state index in [4.69, 9.17) is 4.74 Å². The summed E-state index contributed by atoms with van der Waals surface area (Å²) >= 11 is 0.815. The Labute approximate surface area is 171 Å². The molecule has 1 heterocycles. The molecule has 29 heavy (non-hydrogen) atoms. The fourth-order valence-corrected chi connectivity index (χ4v) is 3.47. The van der Waals surface area contributed by atoms with Gasteiger partial charge in [-0.1, -0.05) is 36.4 Å². The predicted octanol–water partition coefficient (Wildman–Crippen LogP) is 3.35. The van der Waals surface area contributed by atoms with Crippen LogP contribution in [-0.4, -0.2) is 35.7 Å². The largest absolute Gasteiger partial charge is 0.481 e. The van der Waals surface area contributed by atoms with Gasteiger partial charge in [-0.3, -0.25) is 14.5 Å².